The number of hydrogen-bond donors (Lipinski definition) is 0. The van der Waals surface area contributed by atoms with Gasteiger partial charge in [-0.3, -0.25) is 0 Å². The fourth-order valence-electron chi connectivity index (χ4n) is 2.66. The molecule has 6 heteroatoms. The van der Waals surface area contributed by atoms with Crippen molar-refractivity contribution in [3.63, 3.8) is 0 Å². The molecule has 2 aromatic rings. The fourth-order valence-corrected chi connectivity index (χ4v) is 3.44. The number of carbonyl (C=O) groups is 1. The van der Waals surface area contributed by atoms with Gasteiger partial charge < -0.3 is 14.3 Å². The van der Waals surface area contributed by atoms with Gasteiger partial charge in [-0.1, -0.05) is 42.4 Å². The Kier molecular flexibility index (Phi) is 6.49. The molecule has 0 aliphatic carbocycles. The van der Waals surface area contributed by atoms with Gasteiger partial charge in [0.05, 0.1) is 22.4 Å². The second-order valence-electron chi connectivity index (χ2n) is 5.85. The summed E-state index contributed by atoms with van der Waals surface area (Å²) >= 11 is 2.22. The molecule has 1 heterocycles. The van der Waals surface area contributed by atoms with Gasteiger partial charge in [0.25, 0.3) is 0 Å². The topological polar surface area (TPSA) is 57.1 Å². The van der Waals surface area contributed by atoms with E-state index in [0.717, 1.165) is 26.9 Å². The SMILES string of the molecule is CCCOc1c(I)cc(/C=C2\C(=O)ON=C2c2ccccc2)cc1OCC. The van der Waals surface area contributed by atoms with Crippen LogP contribution in [0.5, 0.6) is 11.5 Å². The van der Waals surface area contributed by atoms with E-state index < -0.39 is 5.97 Å². The number of ether oxygens (including phenoxy) is 2. The second kappa shape index (κ2) is 9.03. The summed E-state index contributed by atoms with van der Waals surface area (Å²) in [6.07, 6.45) is 2.69. The first kappa shape index (κ1) is 19.4. The molecule has 1 aliphatic rings. The molecule has 0 saturated carbocycles. The largest absolute Gasteiger partial charge is 0.490 e. The molecule has 0 radical (unpaired) electrons. The minimum atomic E-state index is -0.465. The molecule has 1 aliphatic heterocycles. The van der Waals surface area contributed by atoms with E-state index in [9.17, 15) is 4.79 Å². The van der Waals surface area contributed by atoms with Crippen molar-refractivity contribution in [1.29, 1.82) is 0 Å². The zero-order chi connectivity index (χ0) is 19.2. The van der Waals surface area contributed by atoms with Crippen LogP contribution >= 0.6 is 22.6 Å². The van der Waals surface area contributed by atoms with Crippen molar-refractivity contribution in [3.8, 4) is 11.5 Å². The number of rotatable bonds is 7. The monoisotopic (exact) mass is 477 g/mol. The van der Waals surface area contributed by atoms with Crippen LogP contribution in [0.15, 0.2) is 53.2 Å². The van der Waals surface area contributed by atoms with Gasteiger partial charge in [-0.25, -0.2) is 4.79 Å². The fraction of sp³-hybridized carbons (Fsp3) is 0.238. The quantitative estimate of drug-likeness (QED) is 0.326. The van der Waals surface area contributed by atoms with Crippen LogP contribution in [0.2, 0.25) is 0 Å². The van der Waals surface area contributed by atoms with E-state index >= 15 is 0 Å². The molecule has 0 unspecified atom stereocenters. The molecule has 2 aromatic carbocycles. The van der Waals surface area contributed by atoms with Crippen molar-refractivity contribution in [3.05, 3.63) is 62.7 Å². The van der Waals surface area contributed by atoms with Gasteiger partial charge in [0.15, 0.2) is 11.5 Å². The lowest BCUT2D eigenvalue weighted by atomic mass is 10.0. The summed E-state index contributed by atoms with van der Waals surface area (Å²) in [6.45, 7) is 5.13. The molecule has 0 saturated heterocycles. The summed E-state index contributed by atoms with van der Waals surface area (Å²) in [5.41, 5.74) is 2.60. The average molecular weight is 477 g/mol. The van der Waals surface area contributed by atoms with Crippen LogP contribution in [0.4, 0.5) is 0 Å². The Hall–Kier alpha value is -2.35. The molecule has 0 spiro atoms. The van der Waals surface area contributed by atoms with Crippen LogP contribution in [0.3, 0.4) is 0 Å². The molecule has 0 bridgehead atoms. The van der Waals surface area contributed by atoms with Crippen LogP contribution < -0.4 is 9.47 Å². The van der Waals surface area contributed by atoms with Gasteiger partial charge in [-0.05, 0) is 59.7 Å². The van der Waals surface area contributed by atoms with Crippen LogP contribution in [-0.4, -0.2) is 24.9 Å². The standard InChI is InChI=1S/C21H20INO4/c1-3-10-26-20-17(22)12-14(13-18(20)25-4-2)11-16-19(23-27-21(16)24)15-8-6-5-7-9-15/h5-9,11-13H,3-4,10H2,1-2H3/b16-11-. The Morgan fingerprint density at radius 1 is 1.15 bits per heavy atom. The van der Waals surface area contributed by atoms with Gasteiger partial charge in [0.2, 0.25) is 0 Å². The van der Waals surface area contributed by atoms with Crippen molar-refractivity contribution in [1.82, 2.24) is 0 Å². The average Bonchev–Trinajstić information content (AvgIpc) is 3.03. The minimum Gasteiger partial charge on any atom is -0.490 e. The molecule has 0 aromatic heterocycles. The van der Waals surface area contributed by atoms with Crippen LogP contribution in [0.25, 0.3) is 6.08 Å². The van der Waals surface area contributed by atoms with E-state index in [1.165, 1.54) is 0 Å². The molecule has 0 atom stereocenters. The first-order chi connectivity index (χ1) is 13.1. The van der Waals surface area contributed by atoms with E-state index in [-0.39, 0.29) is 0 Å². The third-order valence-corrected chi connectivity index (χ3v) is 4.64. The highest BCUT2D eigenvalue weighted by atomic mass is 127. The van der Waals surface area contributed by atoms with Crippen molar-refractivity contribution in [2.24, 2.45) is 5.16 Å². The molecule has 140 valence electrons. The first-order valence-electron chi connectivity index (χ1n) is 8.80. The zero-order valence-electron chi connectivity index (χ0n) is 15.2. The third kappa shape index (κ3) is 4.50. The zero-order valence-corrected chi connectivity index (χ0v) is 17.4. The van der Waals surface area contributed by atoms with Crippen LogP contribution in [0, 0.1) is 3.57 Å². The Labute approximate surface area is 172 Å². The number of halogens is 1. The van der Waals surface area contributed by atoms with Gasteiger partial charge in [0.1, 0.15) is 5.71 Å². The van der Waals surface area contributed by atoms with E-state index in [1.807, 2.05) is 49.4 Å². The maximum Gasteiger partial charge on any atom is 0.368 e. The maximum absolute atomic E-state index is 12.2. The van der Waals surface area contributed by atoms with E-state index in [2.05, 4.69) is 34.7 Å². The van der Waals surface area contributed by atoms with Gasteiger partial charge in [0, 0.05) is 5.56 Å². The summed E-state index contributed by atoms with van der Waals surface area (Å²) in [4.78, 5) is 17.1. The molecule has 27 heavy (non-hydrogen) atoms. The summed E-state index contributed by atoms with van der Waals surface area (Å²) in [5.74, 6) is 0.926. The Morgan fingerprint density at radius 2 is 1.93 bits per heavy atom. The Bertz CT molecular complexity index is 891. The highest BCUT2D eigenvalue weighted by Crippen LogP contribution is 2.35. The summed E-state index contributed by atoms with van der Waals surface area (Å²) in [7, 11) is 0. The molecular formula is C21H20INO4. The predicted molar refractivity (Wildman–Crippen MR) is 113 cm³/mol. The van der Waals surface area contributed by atoms with Crippen molar-refractivity contribution < 1.29 is 19.1 Å². The van der Waals surface area contributed by atoms with Gasteiger partial charge in [-0.2, -0.15) is 0 Å². The third-order valence-electron chi connectivity index (χ3n) is 3.84. The normalized spacial score (nSPS) is 14.9. The summed E-state index contributed by atoms with van der Waals surface area (Å²) in [6, 6.07) is 13.3. The lowest BCUT2D eigenvalue weighted by Gasteiger charge is -2.14. The summed E-state index contributed by atoms with van der Waals surface area (Å²) < 4.78 is 12.5. The Balaban J connectivity index is 2.00. The number of benzene rings is 2. The molecule has 0 amide bonds. The molecule has 3 rings (SSSR count). The smallest absolute Gasteiger partial charge is 0.368 e. The van der Waals surface area contributed by atoms with Gasteiger partial charge in [-0.15, -0.1) is 0 Å². The number of hydrogen-bond acceptors (Lipinski definition) is 5. The lowest BCUT2D eigenvalue weighted by molar-refractivity contribution is -0.136. The predicted octanol–water partition coefficient (Wildman–Crippen LogP) is 4.82. The highest BCUT2D eigenvalue weighted by molar-refractivity contribution is 14.1. The van der Waals surface area contributed by atoms with E-state index in [0.29, 0.717) is 30.2 Å². The summed E-state index contributed by atoms with van der Waals surface area (Å²) in [5, 5.41) is 3.94. The molecular weight excluding hydrogens is 457 g/mol. The second-order valence-corrected chi connectivity index (χ2v) is 7.02. The molecule has 0 N–H and O–H groups in total. The molecule has 0 fully saturated rings. The van der Waals surface area contributed by atoms with Crippen molar-refractivity contribution in [2.45, 2.75) is 20.3 Å². The first-order valence-corrected chi connectivity index (χ1v) is 9.87. The number of oxime groups is 1. The molecule has 5 nitrogen and oxygen atoms in total. The van der Waals surface area contributed by atoms with E-state index in [1.54, 1.807) is 6.08 Å². The van der Waals surface area contributed by atoms with Crippen molar-refractivity contribution >= 4 is 40.3 Å². The number of carbonyl (C=O) groups excluding carboxylic acids is 1. The lowest BCUT2D eigenvalue weighted by Crippen LogP contribution is -2.07. The van der Waals surface area contributed by atoms with Crippen molar-refractivity contribution in [2.75, 3.05) is 13.2 Å². The Morgan fingerprint density at radius 3 is 2.63 bits per heavy atom. The van der Waals surface area contributed by atoms with E-state index in [4.69, 9.17) is 14.3 Å². The number of nitrogens with zero attached hydrogens (tertiary/aromatic N) is 1. The minimum absolute atomic E-state index is 0.418. The highest BCUT2D eigenvalue weighted by Gasteiger charge is 2.27. The van der Waals surface area contributed by atoms with Crippen LogP contribution in [-0.2, 0) is 9.63 Å². The maximum atomic E-state index is 12.2. The van der Waals surface area contributed by atoms with Gasteiger partial charge >= 0.3 is 5.97 Å². The van der Waals surface area contributed by atoms with Crippen LogP contribution in [0.1, 0.15) is 31.4 Å².